The van der Waals surface area contributed by atoms with Gasteiger partial charge >= 0.3 is 5.97 Å². The number of rotatable bonds is 3. The van der Waals surface area contributed by atoms with Crippen molar-refractivity contribution in [2.24, 2.45) is 0 Å². The van der Waals surface area contributed by atoms with Gasteiger partial charge in [0.2, 0.25) is 0 Å². The van der Waals surface area contributed by atoms with Crippen LogP contribution >= 0.6 is 0 Å². The second kappa shape index (κ2) is 6.16. The van der Waals surface area contributed by atoms with Crippen LogP contribution in [0.15, 0.2) is 36.0 Å². The van der Waals surface area contributed by atoms with E-state index in [1.165, 1.54) is 23.9 Å². The lowest BCUT2D eigenvalue weighted by atomic mass is 9.99. The highest BCUT2D eigenvalue weighted by molar-refractivity contribution is 6.10. The number of hydrogen-bond acceptors (Lipinski definition) is 4. The van der Waals surface area contributed by atoms with Crippen molar-refractivity contribution in [3.05, 3.63) is 58.3 Å². The van der Waals surface area contributed by atoms with E-state index in [-0.39, 0.29) is 17.3 Å². The van der Waals surface area contributed by atoms with Gasteiger partial charge in [-0.25, -0.2) is 9.78 Å². The highest BCUT2D eigenvalue weighted by Gasteiger charge is 2.19. The van der Waals surface area contributed by atoms with Gasteiger partial charge in [-0.15, -0.1) is 0 Å². The maximum absolute atomic E-state index is 12.5. The zero-order valence-corrected chi connectivity index (χ0v) is 13.4. The number of aromatic carboxylic acids is 1. The predicted molar refractivity (Wildman–Crippen MR) is 92.2 cm³/mol. The van der Waals surface area contributed by atoms with Crippen LogP contribution in [0.2, 0.25) is 0 Å². The number of benzene rings is 1. The number of carboxylic acid groups (broad SMARTS) is 1. The number of aryl methyl sites for hydroxylation is 2. The molecule has 0 radical (unpaired) electrons. The third-order valence-electron chi connectivity index (χ3n) is 4.03. The molecule has 1 amide bonds. The Kier molecular flexibility index (Phi) is 4.04. The molecule has 2 heterocycles. The van der Waals surface area contributed by atoms with Crippen LogP contribution in [0.5, 0.6) is 0 Å². The van der Waals surface area contributed by atoms with Crippen molar-refractivity contribution in [1.29, 1.82) is 0 Å². The Labute approximate surface area is 139 Å². The quantitative estimate of drug-likeness (QED) is 0.808. The van der Waals surface area contributed by atoms with Gasteiger partial charge in [-0.05, 0) is 60.9 Å². The number of amides is 1. The monoisotopic (exact) mass is 323 g/mol. The van der Waals surface area contributed by atoms with Crippen LogP contribution < -0.4 is 10.6 Å². The number of nitrogens with one attached hydrogen (secondary N) is 2. The molecule has 0 fully saturated rings. The molecule has 0 aliphatic carbocycles. The van der Waals surface area contributed by atoms with Gasteiger partial charge in [0, 0.05) is 24.0 Å². The van der Waals surface area contributed by atoms with Gasteiger partial charge in [-0.1, -0.05) is 0 Å². The van der Waals surface area contributed by atoms with E-state index in [4.69, 9.17) is 5.11 Å². The minimum atomic E-state index is -1.13. The van der Waals surface area contributed by atoms with E-state index in [2.05, 4.69) is 21.7 Å². The molecule has 1 aromatic heterocycles. The molecule has 1 aromatic carbocycles. The zero-order valence-electron chi connectivity index (χ0n) is 13.4. The van der Waals surface area contributed by atoms with E-state index in [1.807, 2.05) is 26.0 Å². The summed E-state index contributed by atoms with van der Waals surface area (Å²) in [6, 6.07) is 6.99. The minimum absolute atomic E-state index is 0.0397. The van der Waals surface area contributed by atoms with Gasteiger partial charge in [0.1, 0.15) is 11.4 Å². The van der Waals surface area contributed by atoms with Gasteiger partial charge in [0.15, 0.2) is 0 Å². The van der Waals surface area contributed by atoms with E-state index in [0.717, 1.165) is 16.8 Å². The second-order valence-electron chi connectivity index (χ2n) is 5.71. The number of pyridine rings is 1. The fourth-order valence-corrected chi connectivity index (χ4v) is 2.55. The van der Waals surface area contributed by atoms with E-state index in [0.29, 0.717) is 12.1 Å². The Bertz CT molecular complexity index is 872. The van der Waals surface area contributed by atoms with Crippen LogP contribution in [0.3, 0.4) is 0 Å². The fraction of sp³-hybridized carbons (Fsp3) is 0.167. The molecule has 2 aromatic rings. The topological polar surface area (TPSA) is 91.3 Å². The van der Waals surface area contributed by atoms with Crippen LogP contribution in [0.1, 0.15) is 27.0 Å². The van der Waals surface area contributed by atoms with Crippen LogP contribution in [-0.4, -0.2) is 28.5 Å². The first-order chi connectivity index (χ1) is 11.5. The average Bonchev–Trinajstić information content (AvgIpc) is 2.55. The summed E-state index contributed by atoms with van der Waals surface area (Å²) in [5.74, 6) is -1.46. The maximum Gasteiger partial charge on any atom is 0.339 e. The standard InChI is InChI=1S/C18H17N3O3/c1-10-6-12-8-13(9-20-15(12)7-11(10)2)17(22)21-16-14(18(23)24)4-3-5-19-16/h3-8,20H,9H2,1-2H3,(H,23,24)(H,19,21,22). The van der Waals surface area contributed by atoms with Crippen LogP contribution in [0.25, 0.3) is 6.08 Å². The van der Waals surface area contributed by atoms with Gasteiger partial charge in [-0.3, -0.25) is 4.79 Å². The molecular formula is C18H17N3O3. The van der Waals surface area contributed by atoms with Crippen LogP contribution in [0.4, 0.5) is 11.5 Å². The summed E-state index contributed by atoms with van der Waals surface area (Å²) in [7, 11) is 0. The molecule has 0 atom stereocenters. The Morgan fingerprint density at radius 1 is 1.25 bits per heavy atom. The molecule has 3 N–H and O–H groups in total. The molecule has 3 rings (SSSR count). The van der Waals surface area contributed by atoms with Gasteiger partial charge < -0.3 is 15.7 Å². The summed E-state index contributed by atoms with van der Waals surface area (Å²) < 4.78 is 0. The molecule has 6 nitrogen and oxygen atoms in total. The number of carbonyl (C=O) groups excluding carboxylic acids is 1. The van der Waals surface area contributed by atoms with Crippen molar-refractivity contribution >= 4 is 29.5 Å². The highest BCUT2D eigenvalue weighted by atomic mass is 16.4. The first-order valence-corrected chi connectivity index (χ1v) is 7.51. The van der Waals surface area contributed by atoms with Crippen molar-refractivity contribution in [2.75, 3.05) is 17.2 Å². The fourth-order valence-electron chi connectivity index (χ4n) is 2.55. The summed E-state index contributed by atoms with van der Waals surface area (Å²) in [4.78, 5) is 27.6. The average molecular weight is 323 g/mol. The number of nitrogens with zero attached hydrogens (tertiary/aromatic N) is 1. The molecule has 1 aliphatic heterocycles. The molecule has 0 spiro atoms. The molecule has 122 valence electrons. The van der Waals surface area contributed by atoms with Gasteiger partial charge in [-0.2, -0.15) is 0 Å². The summed E-state index contributed by atoms with van der Waals surface area (Å²) in [5, 5.41) is 15.0. The van der Waals surface area contributed by atoms with Crippen LogP contribution in [0, 0.1) is 13.8 Å². The smallest absolute Gasteiger partial charge is 0.339 e. The maximum atomic E-state index is 12.5. The molecule has 24 heavy (non-hydrogen) atoms. The van der Waals surface area contributed by atoms with Crippen molar-refractivity contribution in [1.82, 2.24) is 4.98 Å². The van der Waals surface area contributed by atoms with Gasteiger partial charge in [0.05, 0.1) is 0 Å². The number of hydrogen-bond donors (Lipinski definition) is 3. The van der Waals surface area contributed by atoms with E-state index in [9.17, 15) is 9.59 Å². The van der Waals surface area contributed by atoms with E-state index in [1.54, 1.807) is 0 Å². The lowest BCUT2D eigenvalue weighted by Gasteiger charge is -2.20. The Balaban J connectivity index is 1.87. The SMILES string of the molecule is Cc1cc2c(cc1C)NCC(C(=O)Nc1ncccc1C(=O)O)=C2. The van der Waals surface area contributed by atoms with Crippen molar-refractivity contribution < 1.29 is 14.7 Å². The first-order valence-electron chi connectivity index (χ1n) is 7.51. The molecule has 0 saturated heterocycles. The van der Waals surface area contributed by atoms with Crippen molar-refractivity contribution in [3.8, 4) is 0 Å². The zero-order chi connectivity index (χ0) is 17.3. The third-order valence-corrected chi connectivity index (χ3v) is 4.03. The first kappa shape index (κ1) is 15.7. The number of aromatic nitrogens is 1. The summed E-state index contributed by atoms with van der Waals surface area (Å²) in [6.45, 7) is 4.43. The summed E-state index contributed by atoms with van der Waals surface area (Å²) in [5.41, 5.74) is 4.73. The second-order valence-corrected chi connectivity index (χ2v) is 5.71. The number of anilines is 2. The minimum Gasteiger partial charge on any atom is -0.478 e. The Morgan fingerprint density at radius 2 is 2.00 bits per heavy atom. The lowest BCUT2D eigenvalue weighted by molar-refractivity contribution is -0.112. The van der Waals surface area contributed by atoms with Crippen molar-refractivity contribution in [3.63, 3.8) is 0 Å². The van der Waals surface area contributed by atoms with Gasteiger partial charge in [0.25, 0.3) is 5.91 Å². The molecule has 0 bridgehead atoms. The van der Waals surface area contributed by atoms with Crippen LogP contribution in [-0.2, 0) is 4.79 Å². The highest BCUT2D eigenvalue weighted by Crippen LogP contribution is 2.27. The largest absolute Gasteiger partial charge is 0.478 e. The van der Waals surface area contributed by atoms with E-state index >= 15 is 0 Å². The number of fused-ring (bicyclic) bond motifs is 1. The summed E-state index contributed by atoms with van der Waals surface area (Å²) >= 11 is 0. The molecule has 0 unspecified atom stereocenters. The molecule has 6 heteroatoms. The lowest BCUT2D eigenvalue weighted by Crippen LogP contribution is -2.24. The Hall–Kier alpha value is -3.15. The summed E-state index contributed by atoms with van der Waals surface area (Å²) in [6.07, 6.45) is 3.26. The normalized spacial score (nSPS) is 12.7. The van der Waals surface area contributed by atoms with Crippen molar-refractivity contribution in [2.45, 2.75) is 13.8 Å². The predicted octanol–water partition coefficient (Wildman–Crippen LogP) is 2.84. The molecular weight excluding hydrogens is 306 g/mol. The number of carboxylic acids is 1. The Morgan fingerprint density at radius 3 is 2.75 bits per heavy atom. The third kappa shape index (κ3) is 2.99. The molecule has 0 saturated carbocycles. The molecule has 1 aliphatic rings. The number of carbonyl (C=O) groups is 2. The van der Waals surface area contributed by atoms with E-state index < -0.39 is 5.97 Å².